The molecule has 4 heterocycles. The maximum atomic E-state index is 5.57. The van der Waals surface area contributed by atoms with Gasteiger partial charge in [0.15, 0.2) is 5.11 Å². The van der Waals surface area contributed by atoms with Crippen molar-refractivity contribution in [1.29, 1.82) is 0 Å². The number of anilines is 3. The van der Waals surface area contributed by atoms with Crippen LogP contribution in [0.25, 0.3) is 0 Å². The van der Waals surface area contributed by atoms with Gasteiger partial charge in [0, 0.05) is 57.9 Å². The highest BCUT2D eigenvalue weighted by atomic mass is 32.1. The van der Waals surface area contributed by atoms with Crippen molar-refractivity contribution in [3.05, 3.63) is 6.07 Å². The molecule has 1 aromatic rings. The fourth-order valence-electron chi connectivity index (χ4n) is 4.76. The van der Waals surface area contributed by atoms with Crippen molar-refractivity contribution >= 4 is 34.9 Å². The molecule has 1 unspecified atom stereocenters. The maximum Gasteiger partial charge on any atom is 0.232 e. The number of nitrogens with one attached hydrogen (secondary N) is 2. The minimum Gasteiger partial charge on any atom is -0.379 e. The highest BCUT2D eigenvalue weighted by molar-refractivity contribution is 7.80. The average Bonchev–Trinajstić information content (AvgIpc) is 2.80. The number of morpholine rings is 1. The summed E-state index contributed by atoms with van der Waals surface area (Å²) in [5, 5.41) is 7.17. The Morgan fingerprint density at radius 2 is 1.78 bits per heavy atom. The summed E-state index contributed by atoms with van der Waals surface area (Å²) in [6.07, 6.45) is 6.15. The first-order valence-corrected chi connectivity index (χ1v) is 12.7. The second-order valence-electron chi connectivity index (χ2n) is 9.45. The third-order valence-electron chi connectivity index (χ3n) is 6.95. The van der Waals surface area contributed by atoms with E-state index in [2.05, 4.69) is 45.2 Å². The van der Waals surface area contributed by atoms with Gasteiger partial charge in [-0.25, -0.2) is 0 Å². The highest BCUT2D eigenvalue weighted by Crippen LogP contribution is 2.29. The van der Waals surface area contributed by atoms with Gasteiger partial charge in [-0.05, 0) is 57.2 Å². The first-order valence-electron chi connectivity index (χ1n) is 12.3. The van der Waals surface area contributed by atoms with Crippen molar-refractivity contribution < 1.29 is 4.74 Å². The van der Waals surface area contributed by atoms with E-state index in [-0.39, 0.29) is 0 Å². The topological polar surface area (TPSA) is 68.8 Å². The Labute approximate surface area is 198 Å². The van der Waals surface area contributed by atoms with Gasteiger partial charge in [-0.1, -0.05) is 6.92 Å². The quantitative estimate of drug-likeness (QED) is 0.622. The molecule has 32 heavy (non-hydrogen) atoms. The molecule has 0 bridgehead atoms. The van der Waals surface area contributed by atoms with Gasteiger partial charge in [0.05, 0.1) is 13.2 Å². The number of piperidine rings is 2. The highest BCUT2D eigenvalue weighted by Gasteiger charge is 2.24. The van der Waals surface area contributed by atoms with Crippen LogP contribution in [-0.2, 0) is 4.74 Å². The molecule has 0 saturated carbocycles. The third kappa shape index (κ3) is 6.42. The predicted octanol–water partition coefficient (Wildman–Crippen LogP) is 2.71. The summed E-state index contributed by atoms with van der Waals surface area (Å²) in [5.74, 6) is 3.41. The standard InChI is InChI=1S/C23H39N7OS/c1-18-6-10-29(11-7-18)20-17-21(30-9-4-3-5-19(30)2)26-22(25-20)27-23(32)24-8-12-28-13-15-31-16-14-28/h17-19H,3-16H2,1-2H3,(H2,24,25,26,27,32). The molecule has 0 amide bonds. The monoisotopic (exact) mass is 461 g/mol. The molecule has 3 fully saturated rings. The Kier molecular flexibility index (Phi) is 8.37. The number of thiocarbonyl (C=S) groups is 1. The van der Waals surface area contributed by atoms with E-state index in [1.54, 1.807) is 0 Å². The zero-order valence-electron chi connectivity index (χ0n) is 19.7. The van der Waals surface area contributed by atoms with Crippen molar-refractivity contribution in [2.45, 2.75) is 52.0 Å². The van der Waals surface area contributed by atoms with E-state index < -0.39 is 0 Å². The molecule has 0 aromatic carbocycles. The van der Waals surface area contributed by atoms with Gasteiger partial charge in [-0.2, -0.15) is 9.97 Å². The molecule has 8 nitrogen and oxygen atoms in total. The molecule has 178 valence electrons. The fourth-order valence-corrected chi connectivity index (χ4v) is 4.95. The third-order valence-corrected chi connectivity index (χ3v) is 7.19. The number of nitrogens with zero attached hydrogens (tertiary/aromatic N) is 5. The Morgan fingerprint density at radius 1 is 1.03 bits per heavy atom. The van der Waals surface area contributed by atoms with Crippen LogP contribution in [0, 0.1) is 5.92 Å². The lowest BCUT2D eigenvalue weighted by Gasteiger charge is -2.36. The van der Waals surface area contributed by atoms with Crippen LogP contribution in [0.2, 0.25) is 0 Å². The van der Waals surface area contributed by atoms with Crippen LogP contribution in [0.15, 0.2) is 6.07 Å². The minimum atomic E-state index is 0.499. The molecule has 3 saturated heterocycles. The predicted molar refractivity (Wildman–Crippen MR) is 135 cm³/mol. The SMILES string of the molecule is CC1CCN(c2cc(N3CCCCC3C)nc(NC(=S)NCCN3CCOCC3)n2)CC1. The molecular formula is C23H39N7OS. The number of rotatable bonds is 6. The molecule has 0 radical (unpaired) electrons. The van der Waals surface area contributed by atoms with Gasteiger partial charge >= 0.3 is 0 Å². The molecular weight excluding hydrogens is 422 g/mol. The van der Waals surface area contributed by atoms with E-state index in [0.717, 1.165) is 76.6 Å². The molecule has 4 rings (SSSR count). The van der Waals surface area contributed by atoms with Crippen LogP contribution in [0.3, 0.4) is 0 Å². The van der Waals surface area contributed by atoms with Crippen LogP contribution >= 0.6 is 12.2 Å². The molecule has 1 aromatic heterocycles. The number of hydrogen-bond donors (Lipinski definition) is 2. The molecule has 0 spiro atoms. The zero-order chi connectivity index (χ0) is 22.3. The summed E-state index contributed by atoms with van der Waals surface area (Å²) in [6, 6.07) is 2.68. The van der Waals surface area contributed by atoms with Crippen LogP contribution in [-0.4, -0.2) is 85.0 Å². The van der Waals surface area contributed by atoms with E-state index in [0.29, 0.717) is 17.1 Å². The molecule has 0 aliphatic carbocycles. The molecule has 9 heteroatoms. The second-order valence-corrected chi connectivity index (χ2v) is 9.86. The first kappa shape index (κ1) is 23.4. The average molecular weight is 462 g/mol. The normalized spacial score (nSPS) is 23.2. The zero-order valence-corrected chi connectivity index (χ0v) is 20.5. The van der Waals surface area contributed by atoms with Gasteiger partial charge in [-0.15, -0.1) is 0 Å². The summed E-state index contributed by atoms with van der Waals surface area (Å²) >= 11 is 5.57. The van der Waals surface area contributed by atoms with Crippen molar-refractivity contribution in [2.75, 3.05) is 74.1 Å². The summed E-state index contributed by atoms with van der Waals surface area (Å²) in [4.78, 5) is 17.0. The first-order chi connectivity index (χ1) is 15.6. The van der Waals surface area contributed by atoms with Gasteiger partial charge in [0.1, 0.15) is 11.6 Å². The summed E-state index contributed by atoms with van der Waals surface area (Å²) in [6.45, 7) is 13.1. The van der Waals surface area contributed by atoms with Gasteiger partial charge in [-0.3, -0.25) is 4.90 Å². The van der Waals surface area contributed by atoms with E-state index >= 15 is 0 Å². The lowest BCUT2D eigenvalue weighted by atomic mass is 9.99. The van der Waals surface area contributed by atoms with E-state index in [1.165, 1.54) is 32.1 Å². The minimum absolute atomic E-state index is 0.499. The number of hydrogen-bond acceptors (Lipinski definition) is 7. The summed E-state index contributed by atoms with van der Waals surface area (Å²) < 4.78 is 5.42. The summed E-state index contributed by atoms with van der Waals surface area (Å²) in [7, 11) is 0. The molecule has 3 aliphatic heterocycles. The van der Waals surface area contributed by atoms with Crippen molar-refractivity contribution in [3.8, 4) is 0 Å². The molecule has 1 atom stereocenters. The van der Waals surface area contributed by atoms with Gasteiger partial charge < -0.3 is 25.2 Å². The van der Waals surface area contributed by atoms with Crippen molar-refractivity contribution in [2.24, 2.45) is 5.92 Å². The van der Waals surface area contributed by atoms with Crippen LogP contribution < -0.4 is 20.4 Å². The number of ether oxygens (including phenoxy) is 1. The second kappa shape index (κ2) is 11.4. The largest absolute Gasteiger partial charge is 0.379 e. The van der Waals surface area contributed by atoms with Gasteiger partial charge in [0.2, 0.25) is 5.95 Å². The van der Waals surface area contributed by atoms with Crippen molar-refractivity contribution in [3.63, 3.8) is 0 Å². The van der Waals surface area contributed by atoms with E-state index in [9.17, 15) is 0 Å². The van der Waals surface area contributed by atoms with E-state index in [4.69, 9.17) is 26.9 Å². The Morgan fingerprint density at radius 3 is 2.53 bits per heavy atom. The van der Waals surface area contributed by atoms with E-state index in [1.807, 2.05) is 0 Å². The Hall–Kier alpha value is -1.71. The summed E-state index contributed by atoms with van der Waals surface area (Å²) in [5.41, 5.74) is 0. The molecule has 3 aliphatic rings. The van der Waals surface area contributed by atoms with Gasteiger partial charge in [0.25, 0.3) is 0 Å². The maximum absolute atomic E-state index is 5.57. The van der Waals surface area contributed by atoms with Crippen LogP contribution in [0.1, 0.15) is 46.0 Å². The smallest absolute Gasteiger partial charge is 0.232 e. The van der Waals surface area contributed by atoms with Crippen molar-refractivity contribution in [1.82, 2.24) is 20.2 Å². The van der Waals surface area contributed by atoms with Crippen LogP contribution in [0.5, 0.6) is 0 Å². The lowest BCUT2D eigenvalue weighted by Crippen LogP contribution is -2.42. The lowest BCUT2D eigenvalue weighted by molar-refractivity contribution is 0.0389. The number of aromatic nitrogens is 2. The Balaban J connectivity index is 1.42. The molecule has 2 N–H and O–H groups in total. The van der Waals surface area contributed by atoms with Crippen LogP contribution in [0.4, 0.5) is 17.6 Å². The Bertz CT molecular complexity index is 750. The fraction of sp³-hybridized carbons (Fsp3) is 0.783.